The molecule has 2 aliphatic rings. The highest BCUT2D eigenvalue weighted by molar-refractivity contribution is 5.93. The average Bonchev–Trinajstić information content (AvgIpc) is 2.72. The van der Waals surface area contributed by atoms with Crippen molar-refractivity contribution in [2.45, 2.75) is 44.9 Å². The number of ether oxygens (including phenoxy) is 1. The molecule has 7 heteroatoms. The number of phenolic OH excluding ortho intramolecular Hbond substituents is 1. The molecule has 0 bridgehead atoms. The Morgan fingerprint density at radius 3 is 2.79 bits per heavy atom. The molecule has 0 radical (unpaired) electrons. The highest BCUT2D eigenvalue weighted by Gasteiger charge is 2.27. The maximum atomic E-state index is 12.0. The predicted molar refractivity (Wildman–Crippen MR) is 116 cm³/mol. The predicted octanol–water partition coefficient (Wildman–Crippen LogP) is 4.02. The quantitative estimate of drug-likeness (QED) is 0.684. The van der Waals surface area contributed by atoms with Crippen molar-refractivity contribution < 1.29 is 14.6 Å². The Morgan fingerprint density at radius 2 is 2.03 bits per heavy atom. The summed E-state index contributed by atoms with van der Waals surface area (Å²) in [5.74, 6) is 1.81. The molecule has 1 amide bonds. The number of nitrogens with one attached hydrogen (secondary N) is 2. The smallest absolute Gasteiger partial charge is 0.225 e. The van der Waals surface area contributed by atoms with E-state index in [0.29, 0.717) is 48.2 Å². The van der Waals surface area contributed by atoms with E-state index in [1.807, 2.05) is 13.0 Å². The Balaban J connectivity index is 0.00000240. The number of piperidine rings is 1. The summed E-state index contributed by atoms with van der Waals surface area (Å²) in [4.78, 5) is 16.7. The van der Waals surface area contributed by atoms with Crippen molar-refractivity contribution in [2.75, 3.05) is 25.0 Å². The van der Waals surface area contributed by atoms with Crippen LogP contribution in [-0.2, 0) is 11.2 Å². The molecule has 2 aromatic rings. The molecule has 1 saturated heterocycles. The van der Waals surface area contributed by atoms with E-state index in [1.165, 1.54) is 5.56 Å². The molecular formula is C22H28ClN3O3. The Labute approximate surface area is 177 Å². The zero-order chi connectivity index (χ0) is 19.5. The number of nitrogens with zero attached hydrogens (tertiary/aromatic N) is 1. The number of aromatic nitrogens is 1. The van der Waals surface area contributed by atoms with Gasteiger partial charge in [-0.2, -0.15) is 0 Å². The van der Waals surface area contributed by atoms with E-state index in [1.54, 1.807) is 12.1 Å². The van der Waals surface area contributed by atoms with Crippen LogP contribution >= 0.6 is 12.4 Å². The number of aromatic hydroxyl groups is 1. The van der Waals surface area contributed by atoms with Crippen LogP contribution in [0.2, 0.25) is 0 Å². The van der Waals surface area contributed by atoms with Crippen LogP contribution in [0.15, 0.2) is 24.3 Å². The van der Waals surface area contributed by atoms with Crippen molar-refractivity contribution in [3.63, 3.8) is 0 Å². The molecule has 3 heterocycles. The lowest BCUT2D eigenvalue weighted by Gasteiger charge is -2.28. The van der Waals surface area contributed by atoms with Gasteiger partial charge in [0.05, 0.1) is 17.9 Å². The summed E-state index contributed by atoms with van der Waals surface area (Å²) in [5, 5.41) is 16.9. The maximum absolute atomic E-state index is 12.0. The average molecular weight is 418 g/mol. The highest BCUT2D eigenvalue weighted by Crippen LogP contribution is 2.42. The van der Waals surface area contributed by atoms with E-state index in [4.69, 9.17) is 9.72 Å². The van der Waals surface area contributed by atoms with Crippen LogP contribution in [0.5, 0.6) is 11.5 Å². The second-order valence-corrected chi connectivity index (χ2v) is 7.50. The molecule has 1 aromatic heterocycles. The Morgan fingerprint density at radius 1 is 1.24 bits per heavy atom. The number of amides is 1. The van der Waals surface area contributed by atoms with Crippen molar-refractivity contribution in [2.24, 2.45) is 0 Å². The monoisotopic (exact) mass is 417 g/mol. The van der Waals surface area contributed by atoms with E-state index in [0.717, 1.165) is 37.9 Å². The van der Waals surface area contributed by atoms with E-state index >= 15 is 0 Å². The van der Waals surface area contributed by atoms with Gasteiger partial charge in [-0.3, -0.25) is 4.79 Å². The number of anilines is 1. The first-order chi connectivity index (χ1) is 13.7. The van der Waals surface area contributed by atoms with Gasteiger partial charge < -0.3 is 20.5 Å². The van der Waals surface area contributed by atoms with Gasteiger partial charge in [0.25, 0.3) is 0 Å². The van der Waals surface area contributed by atoms with Gasteiger partial charge in [0.1, 0.15) is 17.3 Å². The largest absolute Gasteiger partial charge is 0.507 e. The number of hydrogen-bond acceptors (Lipinski definition) is 5. The highest BCUT2D eigenvalue weighted by atomic mass is 35.5. The topological polar surface area (TPSA) is 83.5 Å². The third kappa shape index (κ3) is 4.49. The summed E-state index contributed by atoms with van der Waals surface area (Å²) >= 11 is 0. The van der Waals surface area contributed by atoms with Crippen LogP contribution in [0.25, 0.3) is 11.3 Å². The molecule has 4 rings (SSSR count). The minimum Gasteiger partial charge on any atom is -0.507 e. The standard InChI is InChI=1S/C22H27N3O3.ClH/c1-2-12-28-19-5-3-4-18(26)21(19)17-13-16(14-8-10-23-11-9-14)15-6-7-20(27)25-22(15)24-17;/h3-5,13-14,23,26H,2,6-12H2,1H3,(H,24,25,27);1H. The fraction of sp³-hybridized carbons (Fsp3) is 0.455. The molecular weight excluding hydrogens is 390 g/mol. The van der Waals surface area contributed by atoms with Crippen LogP contribution in [0.4, 0.5) is 5.82 Å². The SMILES string of the molecule is CCCOc1cccc(O)c1-c1cc(C2CCNCC2)c2c(n1)NC(=O)CC2.Cl. The number of carbonyl (C=O) groups is 1. The van der Waals surface area contributed by atoms with Crippen LogP contribution < -0.4 is 15.4 Å². The second kappa shape index (κ2) is 9.46. The molecule has 0 spiro atoms. The number of carbonyl (C=O) groups excluding carboxylic acids is 1. The summed E-state index contributed by atoms with van der Waals surface area (Å²) < 4.78 is 5.87. The van der Waals surface area contributed by atoms with Crippen molar-refractivity contribution in [3.8, 4) is 22.8 Å². The van der Waals surface area contributed by atoms with Crippen molar-refractivity contribution in [1.29, 1.82) is 0 Å². The summed E-state index contributed by atoms with van der Waals surface area (Å²) in [7, 11) is 0. The first kappa shape index (κ1) is 21.4. The van der Waals surface area contributed by atoms with Gasteiger partial charge >= 0.3 is 0 Å². The van der Waals surface area contributed by atoms with Crippen LogP contribution in [-0.4, -0.2) is 35.7 Å². The van der Waals surface area contributed by atoms with Gasteiger partial charge in [-0.15, -0.1) is 12.4 Å². The first-order valence-corrected chi connectivity index (χ1v) is 10.2. The minimum atomic E-state index is -0.00634. The zero-order valence-corrected chi connectivity index (χ0v) is 17.5. The van der Waals surface area contributed by atoms with Crippen molar-refractivity contribution in [3.05, 3.63) is 35.4 Å². The normalized spacial score (nSPS) is 16.5. The molecule has 0 aliphatic carbocycles. The summed E-state index contributed by atoms with van der Waals surface area (Å²) in [6, 6.07) is 7.38. The van der Waals surface area contributed by atoms with Gasteiger partial charge in [-0.1, -0.05) is 13.0 Å². The number of rotatable bonds is 5. The minimum absolute atomic E-state index is 0. The molecule has 29 heavy (non-hydrogen) atoms. The van der Waals surface area contributed by atoms with E-state index in [9.17, 15) is 9.90 Å². The second-order valence-electron chi connectivity index (χ2n) is 7.50. The summed E-state index contributed by atoms with van der Waals surface area (Å²) in [6.07, 6.45) is 4.21. The Hall–Kier alpha value is -2.31. The molecule has 2 aliphatic heterocycles. The third-order valence-corrected chi connectivity index (χ3v) is 5.52. The van der Waals surface area contributed by atoms with Crippen LogP contribution in [0.1, 0.15) is 49.7 Å². The molecule has 156 valence electrons. The van der Waals surface area contributed by atoms with Crippen LogP contribution in [0, 0.1) is 0 Å². The number of hydrogen-bond donors (Lipinski definition) is 3. The van der Waals surface area contributed by atoms with Gasteiger partial charge in [0.2, 0.25) is 5.91 Å². The lowest BCUT2D eigenvalue weighted by Crippen LogP contribution is -2.28. The molecule has 0 unspecified atom stereocenters. The molecule has 0 atom stereocenters. The number of pyridine rings is 1. The van der Waals surface area contributed by atoms with Gasteiger partial charge in [-0.25, -0.2) is 4.98 Å². The van der Waals surface area contributed by atoms with Gasteiger partial charge in [0, 0.05) is 6.42 Å². The third-order valence-electron chi connectivity index (χ3n) is 5.52. The number of fused-ring (bicyclic) bond motifs is 1. The lowest BCUT2D eigenvalue weighted by molar-refractivity contribution is -0.116. The number of halogens is 1. The molecule has 1 aromatic carbocycles. The number of benzene rings is 1. The van der Waals surface area contributed by atoms with E-state index in [-0.39, 0.29) is 24.1 Å². The Kier molecular flexibility index (Phi) is 6.98. The fourth-order valence-electron chi connectivity index (χ4n) is 4.13. The van der Waals surface area contributed by atoms with Crippen LogP contribution in [0.3, 0.4) is 0 Å². The summed E-state index contributed by atoms with van der Waals surface area (Å²) in [6.45, 7) is 4.60. The maximum Gasteiger partial charge on any atom is 0.225 e. The lowest BCUT2D eigenvalue weighted by atomic mass is 9.84. The molecule has 1 fully saturated rings. The van der Waals surface area contributed by atoms with Crippen molar-refractivity contribution in [1.82, 2.24) is 10.3 Å². The van der Waals surface area contributed by atoms with Gasteiger partial charge in [-0.05, 0) is 74.0 Å². The molecule has 0 saturated carbocycles. The molecule has 3 N–H and O–H groups in total. The van der Waals surface area contributed by atoms with Crippen molar-refractivity contribution >= 4 is 24.1 Å². The fourth-order valence-corrected chi connectivity index (χ4v) is 4.13. The molecule has 6 nitrogen and oxygen atoms in total. The summed E-state index contributed by atoms with van der Waals surface area (Å²) in [5.41, 5.74) is 3.63. The Bertz CT molecular complexity index is 882. The first-order valence-electron chi connectivity index (χ1n) is 10.2. The van der Waals surface area contributed by atoms with E-state index < -0.39 is 0 Å². The van der Waals surface area contributed by atoms with Gasteiger partial charge in [0.15, 0.2) is 0 Å². The zero-order valence-electron chi connectivity index (χ0n) is 16.7. The van der Waals surface area contributed by atoms with E-state index in [2.05, 4.69) is 16.7 Å². The number of phenols is 1.